The minimum absolute atomic E-state index is 0.224. The molecule has 0 fully saturated rings. The number of benzene rings is 1. The van der Waals surface area contributed by atoms with Crippen LogP contribution < -0.4 is 4.74 Å². The number of pyridine rings is 1. The molecule has 0 aliphatic heterocycles. The average Bonchev–Trinajstić information content (AvgIpc) is 2.75. The maximum Gasteiger partial charge on any atom is 0.337 e. The molecule has 3 heteroatoms. The molecular weight excluding hydrogens is 358 g/mol. The van der Waals surface area contributed by atoms with Crippen molar-refractivity contribution in [1.82, 2.24) is 4.98 Å². The molecule has 2 aromatic rings. The van der Waals surface area contributed by atoms with Crippen LogP contribution in [0.2, 0.25) is 0 Å². The highest BCUT2D eigenvalue weighted by atomic mass is 16.5. The number of hydrogen-bond acceptors (Lipinski definition) is 3. The van der Waals surface area contributed by atoms with Crippen molar-refractivity contribution in [1.29, 1.82) is 0 Å². The monoisotopic (exact) mass is 393 g/mol. The van der Waals surface area contributed by atoms with Gasteiger partial charge in [-0.25, -0.2) is 9.78 Å². The van der Waals surface area contributed by atoms with Gasteiger partial charge in [-0.15, -0.1) is 0 Å². The number of allylic oxidation sites excluding steroid dienone is 1. The van der Waals surface area contributed by atoms with Gasteiger partial charge in [0.25, 0.3) is 0 Å². The fraction of sp³-hybridized carbons (Fsp3) is 0.462. The van der Waals surface area contributed by atoms with E-state index in [0.29, 0.717) is 5.88 Å². The van der Waals surface area contributed by atoms with E-state index in [1.165, 1.54) is 55.7 Å². The normalized spacial score (nSPS) is 12.2. The molecule has 29 heavy (non-hydrogen) atoms. The number of carbonyl (C=O) groups is 1. The lowest BCUT2D eigenvalue weighted by atomic mass is 9.94. The summed E-state index contributed by atoms with van der Waals surface area (Å²) < 4.78 is 5.37. The molecule has 1 atom stereocenters. The van der Waals surface area contributed by atoms with Crippen molar-refractivity contribution in [3.8, 4) is 5.88 Å². The number of aryl methyl sites for hydroxylation is 1. The highest BCUT2D eigenvalue weighted by Gasteiger charge is 2.08. The van der Waals surface area contributed by atoms with Crippen molar-refractivity contribution in [2.45, 2.75) is 77.6 Å². The van der Waals surface area contributed by atoms with Crippen LogP contribution in [0, 0.1) is 0 Å². The van der Waals surface area contributed by atoms with Crippen molar-refractivity contribution in [2.75, 3.05) is 0 Å². The van der Waals surface area contributed by atoms with E-state index < -0.39 is 0 Å². The van der Waals surface area contributed by atoms with E-state index in [2.05, 4.69) is 31.0 Å². The Kier molecular flexibility index (Phi) is 10.8. The predicted octanol–water partition coefficient (Wildman–Crippen LogP) is 7.03. The van der Waals surface area contributed by atoms with Gasteiger partial charge in [0, 0.05) is 24.3 Å². The van der Waals surface area contributed by atoms with E-state index in [1.54, 1.807) is 6.07 Å². The number of carbonyl (C=O) groups excluding carboxylic acids is 1. The van der Waals surface area contributed by atoms with E-state index in [4.69, 9.17) is 4.74 Å². The van der Waals surface area contributed by atoms with Gasteiger partial charge < -0.3 is 4.74 Å². The topological polar surface area (TPSA) is 39.2 Å². The zero-order chi connectivity index (χ0) is 20.7. The molecular formula is C26H35NO2. The Hall–Kier alpha value is -2.42. The molecule has 1 aromatic heterocycles. The number of ether oxygens (including phenoxy) is 1. The summed E-state index contributed by atoms with van der Waals surface area (Å²) in [5, 5.41) is 0. The predicted molar refractivity (Wildman–Crippen MR) is 120 cm³/mol. The summed E-state index contributed by atoms with van der Waals surface area (Å²) in [5.74, 6) is 0.206. The van der Waals surface area contributed by atoms with Crippen LogP contribution in [-0.4, -0.2) is 11.0 Å². The molecule has 0 aliphatic carbocycles. The number of unbranched alkanes of at least 4 members (excludes halogenated alkanes) is 5. The molecule has 1 unspecified atom stereocenters. The molecule has 156 valence electrons. The maximum absolute atomic E-state index is 12.2. The minimum atomic E-state index is -0.377. The first-order valence-electron chi connectivity index (χ1n) is 11.1. The van der Waals surface area contributed by atoms with Crippen LogP contribution in [0.5, 0.6) is 5.88 Å². The van der Waals surface area contributed by atoms with E-state index in [0.717, 1.165) is 19.3 Å². The first-order valence-corrected chi connectivity index (χ1v) is 11.1. The third-order valence-corrected chi connectivity index (χ3v) is 5.11. The van der Waals surface area contributed by atoms with Crippen LogP contribution in [0.25, 0.3) is 0 Å². The summed E-state index contributed by atoms with van der Waals surface area (Å²) >= 11 is 0. The average molecular weight is 394 g/mol. The van der Waals surface area contributed by atoms with Crippen molar-refractivity contribution in [3.63, 3.8) is 0 Å². The Morgan fingerprint density at radius 2 is 1.72 bits per heavy atom. The van der Waals surface area contributed by atoms with Gasteiger partial charge in [-0.05, 0) is 30.4 Å². The molecule has 2 rings (SSSR count). The summed E-state index contributed by atoms with van der Waals surface area (Å²) in [6, 6.07) is 14.1. The summed E-state index contributed by atoms with van der Waals surface area (Å²) in [6.07, 6.45) is 16.1. The molecule has 0 bridgehead atoms. The third kappa shape index (κ3) is 9.08. The van der Waals surface area contributed by atoms with Crippen LogP contribution in [0.3, 0.4) is 0 Å². The van der Waals surface area contributed by atoms with Crippen molar-refractivity contribution >= 4 is 5.97 Å². The fourth-order valence-corrected chi connectivity index (χ4v) is 3.45. The van der Waals surface area contributed by atoms with Gasteiger partial charge in [0.2, 0.25) is 5.88 Å². The van der Waals surface area contributed by atoms with Crippen molar-refractivity contribution in [2.24, 2.45) is 0 Å². The van der Waals surface area contributed by atoms with Crippen LogP contribution >= 0.6 is 0 Å². The highest BCUT2D eigenvalue weighted by molar-refractivity contribution is 5.83. The van der Waals surface area contributed by atoms with E-state index in [1.807, 2.05) is 36.5 Å². The number of hydrogen-bond donors (Lipinski definition) is 0. The van der Waals surface area contributed by atoms with Gasteiger partial charge in [-0.3, -0.25) is 0 Å². The standard InChI is InChI=1S/C26H35NO2/c1-3-5-6-7-8-10-14-22-17-19-25(27-21-22)29-26(28)20-18-23(13-4-2)24-15-11-9-12-16-24/h9,11-12,15-21,23H,3-8,10,13-14H2,1-2H3. The molecule has 0 saturated heterocycles. The Morgan fingerprint density at radius 1 is 0.966 bits per heavy atom. The SMILES string of the molecule is CCCCCCCCc1ccc(OC(=O)C=CC(CCC)c2ccccc2)nc1. The molecule has 1 aromatic carbocycles. The van der Waals surface area contributed by atoms with E-state index in [-0.39, 0.29) is 11.9 Å². The maximum atomic E-state index is 12.2. The number of aromatic nitrogens is 1. The summed E-state index contributed by atoms with van der Waals surface area (Å²) in [6.45, 7) is 4.39. The highest BCUT2D eigenvalue weighted by Crippen LogP contribution is 2.22. The van der Waals surface area contributed by atoms with Crippen LogP contribution in [0.4, 0.5) is 0 Å². The van der Waals surface area contributed by atoms with Crippen molar-refractivity contribution < 1.29 is 9.53 Å². The van der Waals surface area contributed by atoms with Gasteiger partial charge in [-0.1, -0.05) is 94.8 Å². The Bertz CT molecular complexity index is 722. The quantitative estimate of drug-likeness (QED) is 0.208. The Labute approximate surface area is 176 Å². The summed E-state index contributed by atoms with van der Waals surface area (Å²) in [5.41, 5.74) is 2.42. The summed E-state index contributed by atoms with van der Waals surface area (Å²) in [4.78, 5) is 16.5. The molecule has 0 amide bonds. The molecule has 0 saturated carbocycles. The van der Waals surface area contributed by atoms with Gasteiger partial charge >= 0.3 is 5.97 Å². The Balaban J connectivity index is 1.80. The second-order valence-electron chi connectivity index (χ2n) is 7.61. The van der Waals surface area contributed by atoms with Gasteiger partial charge in [-0.2, -0.15) is 0 Å². The van der Waals surface area contributed by atoms with Gasteiger partial charge in [0.05, 0.1) is 0 Å². The first-order chi connectivity index (χ1) is 14.2. The summed E-state index contributed by atoms with van der Waals surface area (Å²) in [7, 11) is 0. The van der Waals surface area contributed by atoms with E-state index in [9.17, 15) is 4.79 Å². The zero-order valence-electron chi connectivity index (χ0n) is 18.0. The zero-order valence-corrected chi connectivity index (χ0v) is 18.0. The lowest BCUT2D eigenvalue weighted by molar-refractivity contribution is -0.129. The molecule has 0 aliphatic rings. The smallest absolute Gasteiger partial charge is 0.337 e. The lowest BCUT2D eigenvalue weighted by Crippen LogP contribution is -2.06. The molecule has 0 N–H and O–H groups in total. The molecule has 0 spiro atoms. The van der Waals surface area contributed by atoms with Crippen molar-refractivity contribution in [3.05, 3.63) is 71.9 Å². The second-order valence-corrected chi connectivity index (χ2v) is 7.61. The molecule has 3 nitrogen and oxygen atoms in total. The molecule has 0 radical (unpaired) electrons. The number of rotatable bonds is 13. The van der Waals surface area contributed by atoms with Crippen LogP contribution in [0.1, 0.15) is 82.3 Å². The largest absolute Gasteiger partial charge is 0.404 e. The van der Waals surface area contributed by atoms with Gasteiger partial charge in [0.15, 0.2) is 0 Å². The number of esters is 1. The first kappa shape index (κ1) is 22.9. The minimum Gasteiger partial charge on any atom is -0.404 e. The second kappa shape index (κ2) is 13.7. The van der Waals surface area contributed by atoms with Gasteiger partial charge in [0.1, 0.15) is 0 Å². The molecule has 1 heterocycles. The van der Waals surface area contributed by atoms with Crippen LogP contribution in [-0.2, 0) is 11.2 Å². The fourth-order valence-electron chi connectivity index (χ4n) is 3.45. The number of nitrogens with zero attached hydrogens (tertiary/aromatic N) is 1. The Morgan fingerprint density at radius 3 is 2.41 bits per heavy atom. The van der Waals surface area contributed by atoms with E-state index >= 15 is 0 Å². The third-order valence-electron chi connectivity index (χ3n) is 5.11. The van der Waals surface area contributed by atoms with Crippen LogP contribution in [0.15, 0.2) is 60.8 Å². The lowest BCUT2D eigenvalue weighted by Gasteiger charge is -2.11.